The zero-order valence-electron chi connectivity index (χ0n) is 35.1. The van der Waals surface area contributed by atoms with Crippen molar-refractivity contribution in [1.82, 2.24) is 15.0 Å². The first-order valence-electron chi connectivity index (χ1n) is 22.0. The summed E-state index contributed by atoms with van der Waals surface area (Å²) in [7, 11) is 0. The smallest absolute Gasteiger partial charge is 0.160 e. The van der Waals surface area contributed by atoms with Crippen molar-refractivity contribution in [1.29, 1.82) is 0 Å². The number of pyridine rings is 1. The van der Waals surface area contributed by atoms with E-state index in [4.69, 9.17) is 19.4 Å². The van der Waals surface area contributed by atoms with E-state index in [1.165, 1.54) is 37.9 Å². The van der Waals surface area contributed by atoms with Crippen LogP contribution in [0.15, 0.2) is 229 Å². The van der Waals surface area contributed by atoms with Gasteiger partial charge < -0.3 is 4.42 Å². The van der Waals surface area contributed by atoms with Crippen LogP contribution in [0.5, 0.6) is 0 Å². The largest absolute Gasteiger partial charge is 0.455 e. The van der Waals surface area contributed by atoms with Crippen LogP contribution in [-0.4, -0.2) is 15.0 Å². The van der Waals surface area contributed by atoms with Crippen molar-refractivity contribution in [2.75, 3.05) is 0 Å². The van der Waals surface area contributed by atoms with Crippen molar-refractivity contribution in [3.05, 3.63) is 224 Å². The third-order valence-corrected chi connectivity index (χ3v) is 12.9. The van der Waals surface area contributed by atoms with Gasteiger partial charge in [0.2, 0.25) is 0 Å². The van der Waals surface area contributed by atoms with E-state index in [0.29, 0.717) is 5.82 Å². The molecule has 0 saturated carbocycles. The Balaban J connectivity index is 0.932. The zero-order chi connectivity index (χ0) is 42.8. The molecule has 0 aliphatic rings. The summed E-state index contributed by atoms with van der Waals surface area (Å²) in [5.41, 5.74) is 13.7. The predicted octanol–water partition coefficient (Wildman–Crippen LogP) is 16.4. The number of rotatable bonds is 6. The second kappa shape index (κ2) is 15.0. The summed E-state index contributed by atoms with van der Waals surface area (Å²) in [6, 6.07) is 79.1. The molecule has 0 radical (unpaired) electrons. The Bertz CT molecular complexity index is 3940. The molecular formula is C61H37N3O. The molecule has 0 fully saturated rings. The van der Waals surface area contributed by atoms with Gasteiger partial charge in [-0.05, 0) is 84.9 Å². The lowest BCUT2D eigenvalue weighted by Gasteiger charge is -2.13. The van der Waals surface area contributed by atoms with Crippen LogP contribution in [-0.2, 0) is 0 Å². The normalized spacial score (nSPS) is 11.7. The van der Waals surface area contributed by atoms with Crippen molar-refractivity contribution in [3.8, 4) is 67.4 Å². The molecule has 302 valence electrons. The van der Waals surface area contributed by atoms with E-state index in [-0.39, 0.29) is 0 Å². The molecule has 0 amide bonds. The second-order valence-corrected chi connectivity index (χ2v) is 16.7. The van der Waals surface area contributed by atoms with Crippen LogP contribution < -0.4 is 0 Å². The average molecular weight is 828 g/mol. The molecule has 0 atom stereocenters. The molecule has 65 heavy (non-hydrogen) atoms. The standard InChI is InChI=1S/C61H37N3O/c1-3-13-38(14-4-1)39-23-25-40(26-24-39)54-37-55(64-61(63-54)43-15-5-2-6-16-43)41-27-29-42(30-28-41)59-58-52-21-11-12-22-57(52)65-60(58)51-34-32-45(36-56(51)62-59)44-31-33-50-48-19-8-7-17-46(48)47-18-9-10-20-49(47)53(50)35-44/h1-37H. The summed E-state index contributed by atoms with van der Waals surface area (Å²) in [6.07, 6.45) is 0. The van der Waals surface area contributed by atoms with Gasteiger partial charge in [-0.1, -0.05) is 194 Å². The van der Waals surface area contributed by atoms with Gasteiger partial charge >= 0.3 is 0 Å². The molecule has 3 aromatic heterocycles. The Morgan fingerprint density at radius 3 is 1.35 bits per heavy atom. The van der Waals surface area contributed by atoms with Gasteiger partial charge in [-0.2, -0.15) is 0 Å². The first kappa shape index (κ1) is 36.9. The molecule has 0 N–H and O–H groups in total. The van der Waals surface area contributed by atoms with E-state index in [0.717, 1.165) is 88.9 Å². The minimum absolute atomic E-state index is 0.681. The molecule has 0 bridgehead atoms. The van der Waals surface area contributed by atoms with Crippen molar-refractivity contribution < 1.29 is 4.42 Å². The molecule has 4 nitrogen and oxygen atoms in total. The monoisotopic (exact) mass is 827 g/mol. The molecule has 10 aromatic carbocycles. The molecule has 4 heteroatoms. The van der Waals surface area contributed by atoms with Crippen molar-refractivity contribution in [2.24, 2.45) is 0 Å². The number of aromatic nitrogens is 3. The molecule has 13 aromatic rings. The van der Waals surface area contributed by atoms with Gasteiger partial charge in [-0.15, -0.1) is 0 Å². The average Bonchev–Trinajstić information content (AvgIpc) is 3.79. The number of hydrogen-bond donors (Lipinski definition) is 0. The lowest BCUT2D eigenvalue weighted by atomic mass is 9.92. The molecule has 0 aliphatic carbocycles. The van der Waals surface area contributed by atoms with Gasteiger partial charge in [0.15, 0.2) is 5.82 Å². The molecule has 0 spiro atoms. The molecule has 3 heterocycles. The van der Waals surface area contributed by atoms with Crippen molar-refractivity contribution in [3.63, 3.8) is 0 Å². The third kappa shape index (κ3) is 6.26. The number of hydrogen-bond acceptors (Lipinski definition) is 4. The van der Waals surface area contributed by atoms with Gasteiger partial charge in [0.1, 0.15) is 11.2 Å². The highest BCUT2D eigenvalue weighted by molar-refractivity contribution is 6.26. The quantitative estimate of drug-likeness (QED) is 0.157. The number of furan rings is 1. The SMILES string of the molecule is c1ccc(-c2ccc(-c3cc(-c4ccc(-c5nc6cc(-c7ccc8c9ccccc9c9ccccc9c8c7)ccc6c6oc7ccccc7c56)cc4)nc(-c4ccccc4)n3)cc2)cc1. The second-order valence-electron chi connectivity index (χ2n) is 16.7. The van der Waals surface area contributed by atoms with Crippen LogP contribution in [0.25, 0.3) is 133 Å². The highest BCUT2D eigenvalue weighted by Crippen LogP contribution is 2.42. The van der Waals surface area contributed by atoms with Crippen LogP contribution in [0, 0.1) is 0 Å². The zero-order valence-corrected chi connectivity index (χ0v) is 35.1. The maximum atomic E-state index is 6.70. The molecule has 0 unspecified atom stereocenters. The number of fused-ring (bicyclic) bond motifs is 11. The molecule has 0 saturated heterocycles. The van der Waals surface area contributed by atoms with E-state index < -0.39 is 0 Å². The summed E-state index contributed by atoms with van der Waals surface area (Å²) in [5.74, 6) is 0.681. The van der Waals surface area contributed by atoms with E-state index in [9.17, 15) is 0 Å². The van der Waals surface area contributed by atoms with Gasteiger partial charge in [-0.25, -0.2) is 15.0 Å². The minimum atomic E-state index is 0.681. The van der Waals surface area contributed by atoms with Crippen LogP contribution in [0.1, 0.15) is 0 Å². The predicted molar refractivity (Wildman–Crippen MR) is 270 cm³/mol. The number of para-hydroxylation sites is 1. The molecule has 0 aliphatic heterocycles. The van der Waals surface area contributed by atoms with Crippen LogP contribution in [0.4, 0.5) is 0 Å². The van der Waals surface area contributed by atoms with Gasteiger partial charge in [0.05, 0.1) is 28.0 Å². The Morgan fingerprint density at radius 2 is 0.723 bits per heavy atom. The fraction of sp³-hybridized carbons (Fsp3) is 0. The summed E-state index contributed by atoms with van der Waals surface area (Å²) in [4.78, 5) is 15.7. The van der Waals surface area contributed by atoms with Crippen LogP contribution >= 0.6 is 0 Å². The Morgan fingerprint density at radius 1 is 0.277 bits per heavy atom. The topological polar surface area (TPSA) is 51.8 Å². The Kier molecular flexibility index (Phi) is 8.50. The fourth-order valence-corrected chi connectivity index (χ4v) is 9.66. The molecule has 13 rings (SSSR count). The Hall–Kier alpha value is -8.73. The molecular weight excluding hydrogens is 791 g/mol. The van der Waals surface area contributed by atoms with E-state index in [2.05, 4.69) is 188 Å². The maximum absolute atomic E-state index is 6.70. The van der Waals surface area contributed by atoms with Gasteiger partial charge in [0.25, 0.3) is 0 Å². The lowest BCUT2D eigenvalue weighted by Crippen LogP contribution is -1.96. The van der Waals surface area contributed by atoms with Crippen molar-refractivity contribution in [2.45, 2.75) is 0 Å². The van der Waals surface area contributed by atoms with Crippen molar-refractivity contribution >= 4 is 65.2 Å². The lowest BCUT2D eigenvalue weighted by molar-refractivity contribution is 0.672. The maximum Gasteiger partial charge on any atom is 0.160 e. The summed E-state index contributed by atoms with van der Waals surface area (Å²) >= 11 is 0. The number of nitrogens with zero attached hydrogens (tertiary/aromatic N) is 3. The summed E-state index contributed by atoms with van der Waals surface area (Å²) in [6.45, 7) is 0. The number of benzene rings is 10. The van der Waals surface area contributed by atoms with Gasteiger partial charge in [0, 0.05) is 33.0 Å². The minimum Gasteiger partial charge on any atom is -0.455 e. The highest BCUT2D eigenvalue weighted by atomic mass is 16.3. The van der Waals surface area contributed by atoms with E-state index in [1.807, 2.05) is 36.4 Å². The first-order chi connectivity index (χ1) is 32.2. The van der Waals surface area contributed by atoms with Crippen LogP contribution in [0.3, 0.4) is 0 Å². The van der Waals surface area contributed by atoms with E-state index >= 15 is 0 Å². The van der Waals surface area contributed by atoms with Gasteiger partial charge in [-0.3, -0.25) is 0 Å². The third-order valence-electron chi connectivity index (χ3n) is 12.9. The van der Waals surface area contributed by atoms with Crippen LogP contribution in [0.2, 0.25) is 0 Å². The first-order valence-corrected chi connectivity index (χ1v) is 22.0. The van der Waals surface area contributed by atoms with E-state index in [1.54, 1.807) is 0 Å². The summed E-state index contributed by atoms with van der Waals surface area (Å²) in [5, 5.41) is 10.6. The fourth-order valence-electron chi connectivity index (χ4n) is 9.66. The highest BCUT2D eigenvalue weighted by Gasteiger charge is 2.20. The Labute approximate surface area is 374 Å². The summed E-state index contributed by atoms with van der Waals surface area (Å²) < 4.78 is 6.70.